The van der Waals surface area contributed by atoms with Crippen LogP contribution in [0.3, 0.4) is 0 Å². The van der Waals surface area contributed by atoms with E-state index in [4.69, 9.17) is 5.73 Å². The molecule has 0 saturated carbocycles. The minimum Gasteiger partial charge on any atom is -0.324 e. The van der Waals surface area contributed by atoms with Crippen LogP contribution in [-0.2, 0) is 0 Å². The molecule has 0 fully saturated rings. The molecule has 1 nitrogen and oxygen atoms in total. The molecule has 0 bridgehead atoms. The van der Waals surface area contributed by atoms with Gasteiger partial charge in [-0.3, -0.25) is 0 Å². The third kappa shape index (κ3) is 4.41. The van der Waals surface area contributed by atoms with Gasteiger partial charge in [0, 0.05) is 6.04 Å². The fraction of sp³-hybridized carbons (Fsp3) is 0.625. The van der Waals surface area contributed by atoms with Gasteiger partial charge in [0.05, 0.1) is 0 Å². The average molecular weight is 251 g/mol. The van der Waals surface area contributed by atoms with Crippen molar-refractivity contribution in [2.24, 2.45) is 11.7 Å². The van der Waals surface area contributed by atoms with E-state index < -0.39 is 0 Å². The molecule has 2 unspecified atom stereocenters. The summed E-state index contributed by atoms with van der Waals surface area (Å²) in [5.41, 5.74) is 8.30. The van der Waals surface area contributed by atoms with Crippen LogP contribution in [0.5, 0.6) is 0 Å². The van der Waals surface area contributed by atoms with E-state index in [1.165, 1.54) is 25.3 Å². The molecule has 0 spiro atoms. The molecule has 0 heterocycles. The quantitative estimate of drug-likeness (QED) is 0.744. The van der Waals surface area contributed by atoms with E-state index in [0.29, 0.717) is 5.92 Å². The molecule has 0 aliphatic carbocycles. The molecule has 0 aromatic heterocycles. The summed E-state index contributed by atoms with van der Waals surface area (Å²) in [6, 6.07) is 4.87. The van der Waals surface area contributed by atoms with Gasteiger partial charge in [0.1, 0.15) is 5.82 Å². The normalized spacial score (nSPS) is 14.5. The molecule has 0 aliphatic rings. The van der Waals surface area contributed by atoms with Crippen LogP contribution in [0.4, 0.5) is 4.39 Å². The second-order valence-corrected chi connectivity index (χ2v) is 5.26. The highest BCUT2D eigenvalue weighted by Crippen LogP contribution is 2.27. The lowest BCUT2D eigenvalue weighted by molar-refractivity contribution is 0.387. The van der Waals surface area contributed by atoms with Crippen molar-refractivity contribution in [3.05, 3.63) is 35.1 Å². The first-order chi connectivity index (χ1) is 8.58. The third-order valence-electron chi connectivity index (χ3n) is 3.77. The summed E-state index contributed by atoms with van der Waals surface area (Å²) >= 11 is 0. The summed E-state index contributed by atoms with van der Waals surface area (Å²) in [6.07, 6.45) is 5.83. The number of hydrogen-bond acceptors (Lipinski definition) is 1. The molecule has 0 aliphatic heterocycles. The van der Waals surface area contributed by atoms with Crippen molar-refractivity contribution < 1.29 is 4.39 Å². The third-order valence-corrected chi connectivity index (χ3v) is 3.77. The fourth-order valence-electron chi connectivity index (χ4n) is 2.48. The van der Waals surface area contributed by atoms with E-state index in [9.17, 15) is 4.39 Å². The molecule has 18 heavy (non-hydrogen) atoms. The van der Waals surface area contributed by atoms with Crippen molar-refractivity contribution in [1.82, 2.24) is 0 Å². The highest BCUT2D eigenvalue weighted by molar-refractivity contribution is 5.29. The van der Waals surface area contributed by atoms with E-state index in [1.807, 2.05) is 13.0 Å². The minimum absolute atomic E-state index is 0.0393. The lowest BCUT2D eigenvalue weighted by atomic mass is 9.88. The van der Waals surface area contributed by atoms with Crippen molar-refractivity contribution in [3.8, 4) is 0 Å². The Hall–Kier alpha value is -0.890. The highest BCUT2D eigenvalue weighted by Gasteiger charge is 2.15. The lowest BCUT2D eigenvalue weighted by Gasteiger charge is -2.21. The first-order valence-corrected chi connectivity index (χ1v) is 7.10. The van der Waals surface area contributed by atoms with Crippen LogP contribution in [0, 0.1) is 18.7 Å². The summed E-state index contributed by atoms with van der Waals surface area (Å²) in [5, 5.41) is 0. The minimum atomic E-state index is -0.187. The Labute approximate surface area is 111 Å². The standard InChI is InChI=1S/C16H26FN/c1-4-6-7-13(5-2)10-16(18)15-11-14(17)9-8-12(15)3/h8-9,11,13,16H,4-7,10,18H2,1-3H3. The molecule has 0 amide bonds. The number of nitrogens with two attached hydrogens (primary N) is 1. The van der Waals surface area contributed by atoms with E-state index in [-0.39, 0.29) is 11.9 Å². The number of aryl methyl sites for hydroxylation is 1. The average Bonchev–Trinajstić information content (AvgIpc) is 2.37. The van der Waals surface area contributed by atoms with E-state index in [1.54, 1.807) is 6.07 Å². The topological polar surface area (TPSA) is 26.0 Å². The largest absolute Gasteiger partial charge is 0.324 e. The van der Waals surface area contributed by atoms with E-state index >= 15 is 0 Å². The molecule has 0 saturated heterocycles. The van der Waals surface area contributed by atoms with Crippen LogP contribution in [0.2, 0.25) is 0 Å². The van der Waals surface area contributed by atoms with Crippen molar-refractivity contribution >= 4 is 0 Å². The summed E-state index contributed by atoms with van der Waals surface area (Å²) in [4.78, 5) is 0. The van der Waals surface area contributed by atoms with Gasteiger partial charge in [0.2, 0.25) is 0 Å². The van der Waals surface area contributed by atoms with Crippen LogP contribution in [0.25, 0.3) is 0 Å². The maximum Gasteiger partial charge on any atom is 0.123 e. The second-order valence-electron chi connectivity index (χ2n) is 5.26. The fourth-order valence-corrected chi connectivity index (χ4v) is 2.48. The lowest BCUT2D eigenvalue weighted by Crippen LogP contribution is -2.16. The molecular formula is C16H26FN. The summed E-state index contributed by atoms with van der Waals surface area (Å²) in [7, 11) is 0. The van der Waals surface area contributed by atoms with Gasteiger partial charge in [-0.05, 0) is 42.5 Å². The van der Waals surface area contributed by atoms with Crippen molar-refractivity contribution in [1.29, 1.82) is 0 Å². The van der Waals surface area contributed by atoms with Gasteiger partial charge in [-0.15, -0.1) is 0 Å². The van der Waals surface area contributed by atoms with Crippen LogP contribution in [0.1, 0.15) is 63.1 Å². The van der Waals surface area contributed by atoms with Gasteiger partial charge in [-0.2, -0.15) is 0 Å². The highest BCUT2D eigenvalue weighted by atomic mass is 19.1. The Kier molecular flexibility index (Phi) is 6.34. The van der Waals surface area contributed by atoms with Crippen molar-refractivity contribution in [3.63, 3.8) is 0 Å². The zero-order chi connectivity index (χ0) is 13.5. The number of rotatable bonds is 7. The van der Waals surface area contributed by atoms with Gasteiger partial charge in [0.15, 0.2) is 0 Å². The summed E-state index contributed by atoms with van der Waals surface area (Å²) < 4.78 is 13.3. The predicted octanol–water partition coefficient (Wildman–Crippen LogP) is 4.74. The zero-order valence-electron chi connectivity index (χ0n) is 11.9. The molecule has 0 radical (unpaired) electrons. The molecule has 1 aromatic rings. The van der Waals surface area contributed by atoms with Gasteiger partial charge in [0.25, 0.3) is 0 Å². The Bertz CT molecular complexity index is 362. The van der Waals surface area contributed by atoms with E-state index in [0.717, 1.165) is 24.0 Å². The van der Waals surface area contributed by atoms with Gasteiger partial charge < -0.3 is 5.73 Å². The predicted molar refractivity (Wildman–Crippen MR) is 76.0 cm³/mol. The van der Waals surface area contributed by atoms with Crippen LogP contribution in [-0.4, -0.2) is 0 Å². The maximum atomic E-state index is 13.3. The molecule has 2 N–H and O–H groups in total. The van der Waals surface area contributed by atoms with Crippen molar-refractivity contribution in [2.75, 3.05) is 0 Å². The summed E-state index contributed by atoms with van der Waals surface area (Å²) in [6.45, 7) is 6.43. The number of halogens is 1. The van der Waals surface area contributed by atoms with Crippen molar-refractivity contribution in [2.45, 2.75) is 58.9 Å². The molecule has 1 aromatic carbocycles. The molecular weight excluding hydrogens is 225 g/mol. The van der Waals surface area contributed by atoms with Gasteiger partial charge in [-0.1, -0.05) is 45.6 Å². The number of unbranched alkanes of at least 4 members (excludes halogenated alkanes) is 1. The van der Waals surface area contributed by atoms with Crippen LogP contribution < -0.4 is 5.73 Å². The van der Waals surface area contributed by atoms with Gasteiger partial charge in [-0.25, -0.2) is 4.39 Å². The smallest absolute Gasteiger partial charge is 0.123 e. The van der Waals surface area contributed by atoms with Gasteiger partial charge >= 0.3 is 0 Å². The first kappa shape index (κ1) is 15.2. The zero-order valence-corrected chi connectivity index (χ0v) is 11.9. The Morgan fingerprint density at radius 1 is 1.28 bits per heavy atom. The second kappa shape index (κ2) is 7.52. The molecule has 2 atom stereocenters. The van der Waals surface area contributed by atoms with E-state index in [2.05, 4.69) is 13.8 Å². The Balaban J connectivity index is 2.67. The first-order valence-electron chi connectivity index (χ1n) is 7.10. The monoisotopic (exact) mass is 251 g/mol. The maximum absolute atomic E-state index is 13.3. The molecule has 102 valence electrons. The molecule has 1 rings (SSSR count). The SMILES string of the molecule is CCCCC(CC)CC(N)c1cc(F)ccc1C. The van der Waals surface area contributed by atoms with Crippen LogP contribution >= 0.6 is 0 Å². The number of hydrogen-bond donors (Lipinski definition) is 1. The van der Waals surface area contributed by atoms with Crippen LogP contribution in [0.15, 0.2) is 18.2 Å². The molecule has 2 heteroatoms. The Morgan fingerprint density at radius 2 is 2.00 bits per heavy atom. The number of benzene rings is 1. The summed E-state index contributed by atoms with van der Waals surface area (Å²) in [5.74, 6) is 0.468. The Morgan fingerprint density at radius 3 is 2.61 bits per heavy atom.